The number of aromatic nitrogens is 1. The Bertz CT molecular complexity index is 590. The molecule has 0 aliphatic rings. The number of halogens is 2. The molecule has 0 N–H and O–H groups in total. The number of hydrogen-bond acceptors (Lipinski definition) is 3. The SMILES string of the molecule is CC(C)(C)c1csc(COc2ccc(Br)c(CBr)c2)n1. The van der Waals surface area contributed by atoms with Gasteiger partial charge >= 0.3 is 0 Å². The van der Waals surface area contributed by atoms with Crippen molar-refractivity contribution in [3.8, 4) is 5.75 Å². The van der Waals surface area contributed by atoms with E-state index in [-0.39, 0.29) is 5.41 Å². The molecule has 2 nitrogen and oxygen atoms in total. The van der Waals surface area contributed by atoms with Crippen molar-refractivity contribution in [3.63, 3.8) is 0 Å². The average molecular weight is 419 g/mol. The van der Waals surface area contributed by atoms with E-state index in [1.54, 1.807) is 11.3 Å². The van der Waals surface area contributed by atoms with E-state index in [0.29, 0.717) is 6.61 Å². The summed E-state index contributed by atoms with van der Waals surface area (Å²) < 4.78 is 6.91. The van der Waals surface area contributed by atoms with E-state index < -0.39 is 0 Å². The van der Waals surface area contributed by atoms with Gasteiger partial charge in [0.05, 0.1) is 5.69 Å². The fourth-order valence-electron chi connectivity index (χ4n) is 1.61. The summed E-state index contributed by atoms with van der Waals surface area (Å²) in [6, 6.07) is 6.01. The molecule has 1 aromatic carbocycles. The predicted octanol–water partition coefficient (Wildman–Crippen LogP) is 5.68. The van der Waals surface area contributed by atoms with Crippen LogP contribution in [0.25, 0.3) is 0 Å². The van der Waals surface area contributed by atoms with Crippen LogP contribution >= 0.6 is 43.2 Å². The van der Waals surface area contributed by atoms with E-state index in [1.165, 1.54) is 5.56 Å². The zero-order chi connectivity index (χ0) is 14.8. The third-order valence-corrected chi connectivity index (χ3v) is 5.04. The summed E-state index contributed by atoms with van der Waals surface area (Å²) in [5.41, 5.74) is 2.39. The van der Waals surface area contributed by atoms with Crippen LogP contribution < -0.4 is 4.74 Å². The second-order valence-corrected chi connectivity index (χ2v) is 7.91. The quantitative estimate of drug-likeness (QED) is 0.596. The Balaban J connectivity index is 2.04. The van der Waals surface area contributed by atoms with Crippen LogP contribution in [0.2, 0.25) is 0 Å². The van der Waals surface area contributed by atoms with Gasteiger partial charge in [0.1, 0.15) is 17.4 Å². The molecule has 0 fully saturated rings. The van der Waals surface area contributed by atoms with Crippen molar-refractivity contribution in [1.82, 2.24) is 4.98 Å². The van der Waals surface area contributed by atoms with Gasteiger partial charge in [-0.1, -0.05) is 52.6 Å². The Morgan fingerprint density at radius 3 is 2.65 bits per heavy atom. The Labute approximate surface area is 140 Å². The molecule has 1 heterocycles. The minimum atomic E-state index is 0.0928. The normalized spacial score (nSPS) is 11.7. The van der Waals surface area contributed by atoms with Crippen LogP contribution in [0.1, 0.15) is 37.0 Å². The topological polar surface area (TPSA) is 22.1 Å². The second-order valence-electron chi connectivity index (χ2n) is 5.55. The fraction of sp³-hybridized carbons (Fsp3) is 0.400. The summed E-state index contributed by atoms with van der Waals surface area (Å²) in [7, 11) is 0. The first-order valence-corrected chi connectivity index (χ1v) is 9.11. The number of alkyl halides is 1. The lowest BCUT2D eigenvalue weighted by molar-refractivity contribution is 0.304. The van der Waals surface area contributed by atoms with Gasteiger partial charge in [-0.25, -0.2) is 4.98 Å². The molecular formula is C15H17Br2NOS. The number of ether oxygens (including phenoxy) is 1. The predicted molar refractivity (Wildman–Crippen MR) is 91.9 cm³/mol. The maximum atomic E-state index is 5.82. The molecule has 0 aliphatic carbocycles. The highest BCUT2D eigenvalue weighted by Crippen LogP contribution is 2.27. The van der Waals surface area contributed by atoms with Crippen molar-refractivity contribution in [2.24, 2.45) is 0 Å². The lowest BCUT2D eigenvalue weighted by atomic mass is 9.93. The molecule has 0 saturated heterocycles. The average Bonchev–Trinajstić information content (AvgIpc) is 2.86. The van der Waals surface area contributed by atoms with Crippen LogP contribution in [0, 0.1) is 0 Å². The maximum absolute atomic E-state index is 5.82. The van der Waals surface area contributed by atoms with Gasteiger partial charge < -0.3 is 4.74 Å². The van der Waals surface area contributed by atoms with Crippen molar-refractivity contribution in [2.75, 3.05) is 0 Å². The highest BCUT2D eigenvalue weighted by Gasteiger charge is 2.17. The number of thiazole rings is 1. The van der Waals surface area contributed by atoms with Gasteiger partial charge in [-0.05, 0) is 23.8 Å². The van der Waals surface area contributed by atoms with Crippen LogP contribution in [-0.2, 0) is 17.4 Å². The van der Waals surface area contributed by atoms with E-state index in [0.717, 1.165) is 26.3 Å². The van der Waals surface area contributed by atoms with E-state index >= 15 is 0 Å². The Hall–Kier alpha value is -0.390. The third-order valence-electron chi connectivity index (χ3n) is 2.84. The van der Waals surface area contributed by atoms with Crippen molar-refractivity contribution >= 4 is 43.2 Å². The monoisotopic (exact) mass is 417 g/mol. The largest absolute Gasteiger partial charge is 0.486 e. The van der Waals surface area contributed by atoms with E-state index in [4.69, 9.17) is 4.74 Å². The van der Waals surface area contributed by atoms with Crippen molar-refractivity contribution in [3.05, 3.63) is 44.3 Å². The molecule has 0 unspecified atom stereocenters. The molecular weight excluding hydrogens is 402 g/mol. The van der Waals surface area contributed by atoms with Crippen molar-refractivity contribution in [1.29, 1.82) is 0 Å². The fourth-order valence-corrected chi connectivity index (χ4v) is 3.77. The van der Waals surface area contributed by atoms with Crippen molar-refractivity contribution in [2.45, 2.75) is 38.1 Å². The molecule has 2 aromatic rings. The second kappa shape index (κ2) is 6.58. The van der Waals surface area contributed by atoms with Crippen LogP contribution in [-0.4, -0.2) is 4.98 Å². The molecule has 2 rings (SSSR count). The molecule has 0 radical (unpaired) electrons. The molecule has 108 valence electrons. The van der Waals surface area contributed by atoms with Gasteiger partial charge in [0.15, 0.2) is 0 Å². The highest BCUT2D eigenvalue weighted by atomic mass is 79.9. The summed E-state index contributed by atoms with van der Waals surface area (Å²) in [5.74, 6) is 0.871. The van der Waals surface area contributed by atoms with Crippen LogP contribution in [0.4, 0.5) is 0 Å². The van der Waals surface area contributed by atoms with Gasteiger partial charge in [-0.3, -0.25) is 0 Å². The van der Waals surface area contributed by atoms with E-state index in [9.17, 15) is 0 Å². The molecule has 0 atom stereocenters. The third kappa shape index (κ3) is 4.06. The molecule has 0 saturated carbocycles. The highest BCUT2D eigenvalue weighted by molar-refractivity contribution is 9.10. The van der Waals surface area contributed by atoms with E-state index in [2.05, 4.69) is 63.0 Å². The van der Waals surface area contributed by atoms with Gasteiger partial charge in [0, 0.05) is 20.6 Å². The number of benzene rings is 1. The smallest absolute Gasteiger partial charge is 0.140 e. The molecule has 20 heavy (non-hydrogen) atoms. The number of nitrogens with zero attached hydrogens (tertiary/aromatic N) is 1. The lowest BCUT2D eigenvalue weighted by Crippen LogP contribution is -2.11. The first-order valence-electron chi connectivity index (χ1n) is 6.32. The number of rotatable bonds is 4. The van der Waals surface area contributed by atoms with Crippen molar-refractivity contribution < 1.29 is 4.74 Å². The minimum Gasteiger partial charge on any atom is -0.486 e. The van der Waals surface area contributed by atoms with Gasteiger partial charge in [-0.2, -0.15) is 0 Å². The first-order chi connectivity index (χ1) is 9.40. The van der Waals surface area contributed by atoms with Gasteiger partial charge in [-0.15, -0.1) is 11.3 Å². The van der Waals surface area contributed by atoms with Gasteiger partial charge in [0.25, 0.3) is 0 Å². The zero-order valence-electron chi connectivity index (χ0n) is 11.7. The maximum Gasteiger partial charge on any atom is 0.140 e. The Morgan fingerprint density at radius 2 is 2.05 bits per heavy atom. The standard InChI is InChI=1S/C15H17Br2NOS/c1-15(2,3)13-9-20-14(18-13)8-19-11-4-5-12(17)10(6-11)7-16/h4-6,9H,7-8H2,1-3H3. The summed E-state index contributed by atoms with van der Waals surface area (Å²) in [6.07, 6.45) is 0. The Morgan fingerprint density at radius 1 is 1.30 bits per heavy atom. The van der Waals surface area contributed by atoms with Gasteiger partial charge in [0.2, 0.25) is 0 Å². The summed E-state index contributed by atoms with van der Waals surface area (Å²) >= 11 is 8.64. The molecule has 0 aliphatic heterocycles. The summed E-state index contributed by atoms with van der Waals surface area (Å²) in [5, 5.41) is 3.93. The summed E-state index contributed by atoms with van der Waals surface area (Å²) in [4.78, 5) is 4.63. The minimum absolute atomic E-state index is 0.0928. The molecule has 0 bridgehead atoms. The van der Waals surface area contributed by atoms with Crippen LogP contribution in [0.3, 0.4) is 0 Å². The van der Waals surface area contributed by atoms with Crippen LogP contribution in [0.15, 0.2) is 28.1 Å². The molecule has 0 spiro atoms. The number of hydrogen-bond donors (Lipinski definition) is 0. The summed E-state index contributed by atoms with van der Waals surface area (Å²) in [6.45, 7) is 7.03. The van der Waals surface area contributed by atoms with E-state index in [1.807, 2.05) is 18.2 Å². The Kier molecular flexibility index (Phi) is 5.26. The molecule has 1 aromatic heterocycles. The first kappa shape index (κ1) is 16.0. The molecule has 0 amide bonds. The zero-order valence-corrected chi connectivity index (χ0v) is 15.7. The molecule has 5 heteroatoms. The van der Waals surface area contributed by atoms with Crippen LogP contribution in [0.5, 0.6) is 5.75 Å². The lowest BCUT2D eigenvalue weighted by Gasteiger charge is -2.14.